The zero-order chi connectivity index (χ0) is 17.3. The van der Waals surface area contributed by atoms with E-state index in [0.717, 1.165) is 16.7 Å². The van der Waals surface area contributed by atoms with Crippen molar-refractivity contribution in [3.05, 3.63) is 59.4 Å². The Bertz CT molecular complexity index is 982. The van der Waals surface area contributed by atoms with Gasteiger partial charge in [-0.25, -0.2) is 13.1 Å². The van der Waals surface area contributed by atoms with Crippen LogP contribution in [0.25, 0.3) is 5.69 Å². The Labute approximate surface area is 140 Å². The average molecular weight is 343 g/mol. The molecule has 0 aliphatic carbocycles. The summed E-state index contributed by atoms with van der Waals surface area (Å²) >= 11 is 0. The van der Waals surface area contributed by atoms with Gasteiger partial charge in [0.15, 0.2) is 0 Å². The predicted octanol–water partition coefficient (Wildman–Crippen LogP) is 2.39. The van der Waals surface area contributed by atoms with Gasteiger partial charge in [0.25, 0.3) is 10.0 Å². The van der Waals surface area contributed by atoms with Crippen LogP contribution in [0.4, 0.5) is 5.69 Å². The molecule has 0 atom stereocenters. The minimum atomic E-state index is -3.67. The van der Waals surface area contributed by atoms with Gasteiger partial charge in [0.2, 0.25) is 0 Å². The quantitative estimate of drug-likeness (QED) is 0.785. The van der Waals surface area contributed by atoms with Crippen molar-refractivity contribution in [2.75, 3.05) is 4.72 Å². The highest BCUT2D eigenvalue weighted by Crippen LogP contribution is 2.25. The first kappa shape index (κ1) is 16.1. The number of hydrogen-bond donors (Lipinski definition) is 1. The van der Waals surface area contributed by atoms with Crippen molar-refractivity contribution >= 4 is 15.7 Å². The third kappa shape index (κ3) is 3.00. The Balaban J connectivity index is 1.99. The van der Waals surface area contributed by atoms with Crippen LogP contribution in [0.2, 0.25) is 0 Å². The summed E-state index contributed by atoms with van der Waals surface area (Å²) in [6.45, 7) is 5.64. The molecule has 0 spiro atoms. The van der Waals surface area contributed by atoms with E-state index in [0.29, 0.717) is 11.4 Å². The second-order valence-electron chi connectivity index (χ2n) is 5.56. The van der Waals surface area contributed by atoms with Crippen molar-refractivity contribution in [3.63, 3.8) is 0 Å². The van der Waals surface area contributed by atoms with Crippen molar-refractivity contribution in [2.24, 2.45) is 0 Å². The van der Waals surface area contributed by atoms with Crippen molar-refractivity contribution in [3.8, 4) is 5.69 Å². The van der Waals surface area contributed by atoms with Crippen molar-refractivity contribution in [1.29, 1.82) is 0 Å². The lowest BCUT2D eigenvalue weighted by molar-refractivity contribution is 0.601. The first-order valence-corrected chi connectivity index (χ1v) is 8.80. The van der Waals surface area contributed by atoms with Crippen LogP contribution in [0.1, 0.15) is 16.7 Å². The average Bonchev–Trinajstić information content (AvgIpc) is 3.06. The van der Waals surface area contributed by atoms with Gasteiger partial charge in [-0.3, -0.25) is 4.72 Å². The van der Waals surface area contributed by atoms with Gasteiger partial charge in [0.1, 0.15) is 6.33 Å². The topological polar surface area (TPSA) is 89.8 Å². The van der Waals surface area contributed by atoms with Gasteiger partial charge in [-0.15, -0.1) is 5.10 Å². The molecule has 0 aliphatic heterocycles. The number of aryl methyl sites for hydroxylation is 2. The molecule has 0 radical (unpaired) electrons. The summed E-state index contributed by atoms with van der Waals surface area (Å²) in [5.74, 6) is 0. The van der Waals surface area contributed by atoms with E-state index in [1.165, 1.54) is 11.0 Å². The highest BCUT2D eigenvalue weighted by atomic mass is 32.2. The fourth-order valence-corrected chi connectivity index (χ4v) is 3.55. The molecule has 0 saturated heterocycles. The number of rotatable bonds is 4. The Morgan fingerprint density at radius 1 is 1.04 bits per heavy atom. The fourth-order valence-electron chi connectivity index (χ4n) is 2.34. The summed E-state index contributed by atoms with van der Waals surface area (Å²) in [6.07, 6.45) is 1.46. The molecular weight excluding hydrogens is 326 g/mol. The lowest BCUT2D eigenvalue weighted by atomic mass is 10.1. The van der Waals surface area contributed by atoms with E-state index in [9.17, 15) is 8.42 Å². The number of nitrogens with zero attached hydrogens (tertiary/aromatic N) is 4. The maximum atomic E-state index is 12.7. The predicted molar refractivity (Wildman–Crippen MR) is 90.6 cm³/mol. The summed E-state index contributed by atoms with van der Waals surface area (Å²) in [5.41, 5.74) is 3.90. The molecule has 2 aromatic carbocycles. The molecule has 0 fully saturated rings. The largest absolute Gasteiger partial charge is 0.279 e. The third-order valence-electron chi connectivity index (χ3n) is 3.93. The SMILES string of the molecule is Cc1ccc(S(=O)(=O)Nc2cccc(-n3cnnn3)c2C)cc1C. The van der Waals surface area contributed by atoms with Crippen LogP contribution >= 0.6 is 0 Å². The highest BCUT2D eigenvalue weighted by molar-refractivity contribution is 7.92. The minimum Gasteiger partial charge on any atom is -0.279 e. The Morgan fingerprint density at radius 2 is 1.83 bits per heavy atom. The number of benzene rings is 2. The number of aromatic nitrogens is 4. The third-order valence-corrected chi connectivity index (χ3v) is 5.30. The van der Waals surface area contributed by atoms with Crippen molar-refractivity contribution in [1.82, 2.24) is 20.2 Å². The zero-order valence-electron chi connectivity index (χ0n) is 13.6. The molecule has 124 valence electrons. The van der Waals surface area contributed by atoms with E-state index >= 15 is 0 Å². The molecule has 24 heavy (non-hydrogen) atoms. The minimum absolute atomic E-state index is 0.234. The molecule has 0 bridgehead atoms. The molecule has 0 amide bonds. The summed E-state index contributed by atoms with van der Waals surface area (Å²) in [5, 5.41) is 11.0. The van der Waals surface area contributed by atoms with E-state index in [1.54, 1.807) is 30.3 Å². The van der Waals surface area contributed by atoms with Crippen LogP contribution in [-0.4, -0.2) is 28.6 Å². The number of hydrogen-bond acceptors (Lipinski definition) is 5. The van der Waals surface area contributed by atoms with E-state index in [1.807, 2.05) is 26.8 Å². The number of nitrogens with one attached hydrogen (secondary N) is 1. The number of tetrazole rings is 1. The molecule has 0 unspecified atom stereocenters. The van der Waals surface area contributed by atoms with E-state index in [2.05, 4.69) is 20.2 Å². The smallest absolute Gasteiger partial charge is 0.261 e. The number of sulfonamides is 1. The van der Waals surface area contributed by atoms with Crippen molar-refractivity contribution < 1.29 is 8.42 Å². The Kier molecular flexibility index (Phi) is 4.06. The van der Waals surface area contributed by atoms with Gasteiger partial charge in [0, 0.05) is 0 Å². The van der Waals surface area contributed by atoms with Crippen LogP contribution in [-0.2, 0) is 10.0 Å². The molecule has 1 N–H and O–H groups in total. The maximum Gasteiger partial charge on any atom is 0.261 e. The van der Waals surface area contributed by atoms with Gasteiger partial charge in [-0.1, -0.05) is 12.1 Å². The second-order valence-corrected chi connectivity index (χ2v) is 7.24. The number of anilines is 1. The molecular formula is C16H17N5O2S. The molecule has 8 heteroatoms. The van der Waals surface area contributed by atoms with Crippen LogP contribution in [0.5, 0.6) is 0 Å². The van der Waals surface area contributed by atoms with Gasteiger partial charge < -0.3 is 0 Å². The lowest BCUT2D eigenvalue weighted by Crippen LogP contribution is -2.15. The fraction of sp³-hybridized carbons (Fsp3) is 0.188. The molecule has 3 rings (SSSR count). The van der Waals surface area contributed by atoms with Crippen LogP contribution in [0, 0.1) is 20.8 Å². The van der Waals surface area contributed by atoms with Crippen LogP contribution < -0.4 is 4.72 Å². The Morgan fingerprint density at radius 3 is 2.50 bits per heavy atom. The molecule has 3 aromatic rings. The van der Waals surface area contributed by atoms with Gasteiger partial charge in [0.05, 0.1) is 16.3 Å². The monoisotopic (exact) mass is 343 g/mol. The Hall–Kier alpha value is -2.74. The van der Waals surface area contributed by atoms with Crippen LogP contribution in [0.15, 0.2) is 47.6 Å². The molecule has 7 nitrogen and oxygen atoms in total. The van der Waals surface area contributed by atoms with Gasteiger partial charge in [-0.05, 0) is 72.2 Å². The summed E-state index contributed by atoms with van der Waals surface area (Å²) < 4.78 is 29.4. The molecule has 0 saturated carbocycles. The zero-order valence-corrected chi connectivity index (χ0v) is 14.4. The second kappa shape index (κ2) is 6.04. The van der Waals surface area contributed by atoms with Crippen LogP contribution in [0.3, 0.4) is 0 Å². The van der Waals surface area contributed by atoms with E-state index < -0.39 is 10.0 Å². The highest BCUT2D eigenvalue weighted by Gasteiger charge is 2.17. The maximum absolute atomic E-state index is 12.7. The summed E-state index contributed by atoms with van der Waals surface area (Å²) in [4.78, 5) is 0.234. The molecule has 1 aromatic heterocycles. The first-order valence-electron chi connectivity index (χ1n) is 7.31. The summed E-state index contributed by atoms with van der Waals surface area (Å²) in [6, 6.07) is 10.3. The first-order chi connectivity index (χ1) is 11.4. The standard InChI is InChI=1S/C16H17N5O2S/c1-11-7-8-14(9-12(11)2)24(22,23)18-15-5-4-6-16(13(15)3)21-10-17-19-20-21/h4-10,18H,1-3H3. The van der Waals surface area contributed by atoms with Crippen molar-refractivity contribution in [2.45, 2.75) is 25.7 Å². The summed E-state index contributed by atoms with van der Waals surface area (Å²) in [7, 11) is -3.67. The van der Waals surface area contributed by atoms with Gasteiger partial charge >= 0.3 is 0 Å². The molecule has 0 aliphatic rings. The molecule has 1 heterocycles. The van der Waals surface area contributed by atoms with E-state index in [-0.39, 0.29) is 4.90 Å². The normalized spacial score (nSPS) is 11.5. The van der Waals surface area contributed by atoms with Gasteiger partial charge in [-0.2, -0.15) is 0 Å². The lowest BCUT2D eigenvalue weighted by Gasteiger charge is -2.14. The van der Waals surface area contributed by atoms with E-state index in [4.69, 9.17) is 0 Å².